The van der Waals surface area contributed by atoms with Crippen LogP contribution in [0.4, 0.5) is 0 Å². The SMILES string of the molecule is C[C@H]1C[C@@H](n2cc(C(=O)O)nn2)CC(C)(C)C1. The quantitative estimate of drug-likeness (QED) is 0.857. The number of hydrogen-bond acceptors (Lipinski definition) is 3. The lowest BCUT2D eigenvalue weighted by Crippen LogP contribution is -2.29. The molecule has 1 aliphatic carbocycles. The molecule has 0 spiro atoms. The molecule has 1 heterocycles. The summed E-state index contributed by atoms with van der Waals surface area (Å²) >= 11 is 0. The summed E-state index contributed by atoms with van der Waals surface area (Å²) in [6.07, 6.45) is 4.83. The zero-order valence-corrected chi connectivity index (χ0v) is 10.6. The molecule has 1 fully saturated rings. The first-order valence-electron chi connectivity index (χ1n) is 6.02. The molecule has 0 radical (unpaired) electrons. The molecule has 5 nitrogen and oxygen atoms in total. The Labute approximate surface area is 101 Å². The second kappa shape index (κ2) is 4.13. The van der Waals surface area contributed by atoms with E-state index in [1.54, 1.807) is 10.9 Å². The van der Waals surface area contributed by atoms with Crippen molar-refractivity contribution >= 4 is 5.97 Å². The Kier molecular flexibility index (Phi) is 2.93. The number of carbonyl (C=O) groups is 1. The van der Waals surface area contributed by atoms with Crippen molar-refractivity contribution in [3.63, 3.8) is 0 Å². The third kappa shape index (κ3) is 2.65. The maximum absolute atomic E-state index is 10.8. The predicted octanol–water partition coefficient (Wildman–Crippen LogP) is 2.36. The number of aromatic carboxylic acids is 1. The van der Waals surface area contributed by atoms with E-state index in [1.807, 2.05) is 0 Å². The van der Waals surface area contributed by atoms with Crippen LogP contribution in [0.5, 0.6) is 0 Å². The van der Waals surface area contributed by atoms with Crippen molar-refractivity contribution < 1.29 is 9.90 Å². The second-order valence-corrected chi connectivity index (χ2v) is 5.96. The molecule has 2 rings (SSSR count). The predicted molar refractivity (Wildman–Crippen MR) is 62.8 cm³/mol. The molecule has 1 aromatic heterocycles. The van der Waals surface area contributed by atoms with Gasteiger partial charge >= 0.3 is 5.97 Å². The van der Waals surface area contributed by atoms with Crippen LogP contribution in [0.1, 0.15) is 56.6 Å². The second-order valence-electron chi connectivity index (χ2n) is 5.96. The summed E-state index contributed by atoms with van der Waals surface area (Å²) in [5.41, 5.74) is 0.318. The van der Waals surface area contributed by atoms with Gasteiger partial charge in [0.15, 0.2) is 5.69 Å². The van der Waals surface area contributed by atoms with Crippen molar-refractivity contribution in [2.24, 2.45) is 11.3 Å². The number of nitrogens with zero attached hydrogens (tertiary/aromatic N) is 3. The molecule has 5 heteroatoms. The first-order chi connectivity index (χ1) is 7.87. The van der Waals surface area contributed by atoms with E-state index in [4.69, 9.17) is 5.11 Å². The number of carboxylic acid groups (broad SMARTS) is 1. The van der Waals surface area contributed by atoms with Crippen LogP contribution in [0, 0.1) is 11.3 Å². The molecule has 0 unspecified atom stereocenters. The summed E-state index contributed by atoms with van der Waals surface area (Å²) in [5.74, 6) is -0.374. The van der Waals surface area contributed by atoms with Crippen LogP contribution < -0.4 is 0 Å². The van der Waals surface area contributed by atoms with E-state index in [-0.39, 0.29) is 17.2 Å². The van der Waals surface area contributed by atoms with Crippen molar-refractivity contribution in [2.45, 2.75) is 46.1 Å². The molecule has 1 aromatic rings. The number of aromatic nitrogens is 3. The first kappa shape index (κ1) is 12.1. The molecule has 0 aromatic carbocycles. The third-order valence-corrected chi connectivity index (χ3v) is 3.47. The summed E-state index contributed by atoms with van der Waals surface area (Å²) in [6.45, 7) is 6.75. The Morgan fingerprint density at radius 1 is 1.53 bits per heavy atom. The van der Waals surface area contributed by atoms with E-state index in [2.05, 4.69) is 31.1 Å². The van der Waals surface area contributed by atoms with Crippen LogP contribution in [-0.4, -0.2) is 26.1 Å². The Hall–Kier alpha value is -1.39. The standard InChI is InChI=1S/C12H19N3O2/c1-8-4-9(6-12(2,3)5-8)15-7-10(11(16)17)13-14-15/h7-9H,4-6H2,1-3H3,(H,16,17)/t8-,9+/m0/s1. The highest BCUT2D eigenvalue weighted by Crippen LogP contribution is 2.43. The average Bonchev–Trinajstić information content (AvgIpc) is 2.62. The van der Waals surface area contributed by atoms with Crippen LogP contribution in [0.15, 0.2) is 6.20 Å². The molecule has 1 N–H and O–H groups in total. The molecule has 0 aliphatic heterocycles. The van der Waals surface area contributed by atoms with Gasteiger partial charge in [0.25, 0.3) is 0 Å². The molecule has 0 saturated heterocycles. The van der Waals surface area contributed by atoms with Crippen LogP contribution in [0.3, 0.4) is 0 Å². The molecule has 17 heavy (non-hydrogen) atoms. The summed E-state index contributed by atoms with van der Waals surface area (Å²) in [5, 5.41) is 16.5. The van der Waals surface area contributed by atoms with Crippen molar-refractivity contribution in [1.29, 1.82) is 0 Å². The van der Waals surface area contributed by atoms with Gasteiger partial charge in [0.1, 0.15) is 0 Å². The van der Waals surface area contributed by atoms with Gasteiger partial charge in [-0.1, -0.05) is 26.0 Å². The third-order valence-electron chi connectivity index (χ3n) is 3.47. The summed E-state index contributed by atoms with van der Waals surface area (Å²) in [6, 6.07) is 0.273. The van der Waals surface area contributed by atoms with Gasteiger partial charge in [0.2, 0.25) is 0 Å². The van der Waals surface area contributed by atoms with Crippen molar-refractivity contribution in [2.75, 3.05) is 0 Å². The van der Waals surface area contributed by atoms with Gasteiger partial charge in [-0.2, -0.15) is 0 Å². The molecule has 0 amide bonds. The minimum Gasteiger partial charge on any atom is -0.476 e. The number of rotatable bonds is 2. The van der Waals surface area contributed by atoms with Crippen LogP contribution in [0.25, 0.3) is 0 Å². The maximum Gasteiger partial charge on any atom is 0.358 e. The zero-order chi connectivity index (χ0) is 12.6. The van der Waals surface area contributed by atoms with E-state index in [0.29, 0.717) is 5.92 Å². The normalized spacial score (nSPS) is 27.9. The fraction of sp³-hybridized carbons (Fsp3) is 0.750. The molecule has 0 bridgehead atoms. The molecular weight excluding hydrogens is 218 g/mol. The molecule has 1 aliphatic rings. The molecule has 2 atom stereocenters. The Morgan fingerprint density at radius 3 is 2.76 bits per heavy atom. The molecule has 94 valence electrons. The summed E-state index contributed by atoms with van der Waals surface area (Å²) in [4.78, 5) is 10.8. The highest BCUT2D eigenvalue weighted by molar-refractivity contribution is 5.84. The van der Waals surface area contributed by atoms with Crippen molar-refractivity contribution in [1.82, 2.24) is 15.0 Å². The largest absolute Gasteiger partial charge is 0.476 e. The first-order valence-corrected chi connectivity index (χ1v) is 6.02. The van der Waals surface area contributed by atoms with Gasteiger partial charge in [-0.05, 0) is 30.6 Å². The summed E-state index contributed by atoms with van der Waals surface area (Å²) < 4.78 is 1.72. The van der Waals surface area contributed by atoms with Gasteiger partial charge in [0.05, 0.1) is 12.2 Å². The number of hydrogen-bond donors (Lipinski definition) is 1. The fourth-order valence-electron chi connectivity index (χ4n) is 3.05. The minimum atomic E-state index is -1.01. The molecular formula is C12H19N3O2. The Balaban J connectivity index is 2.18. The smallest absolute Gasteiger partial charge is 0.358 e. The Morgan fingerprint density at radius 2 is 2.24 bits per heavy atom. The average molecular weight is 237 g/mol. The van der Waals surface area contributed by atoms with Gasteiger partial charge in [-0.15, -0.1) is 5.10 Å². The van der Waals surface area contributed by atoms with E-state index < -0.39 is 5.97 Å². The molecule has 1 saturated carbocycles. The maximum atomic E-state index is 10.8. The van der Waals surface area contributed by atoms with Crippen LogP contribution >= 0.6 is 0 Å². The highest BCUT2D eigenvalue weighted by Gasteiger charge is 2.33. The zero-order valence-electron chi connectivity index (χ0n) is 10.6. The van der Waals surface area contributed by atoms with E-state index in [1.165, 1.54) is 6.42 Å². The lowest BCUT2D eigenvalue weighted by atomic mass is 9.71. The topological polar surface area (TPSA) is 68.0 Å². The Bertz CT molecular complexity index is 425. The lowest BCUT2D eigenvalue weighted by Gasteiger charge is -2.38. The highest BCUT2D eigenvalue weighted by atomic mass is 16.4. The van der Waals surface area contributed by atoms with Gasteiger partial charge in [-0.3, -0.25) is 0 Å². The summed E-state index contributed by atoms with van der Waals surface area (Å²) in [7, 11) is 0. The minimum absolute atomic E-state index is 0.0287. The monoisotopic (exact) mass is 237 g/mol. The van der Waals surface area contributed by atoms with Crippen LogP contribution in [-0.2, 0) is 0 Å². The van der Waals surface area contributed by atoms with E-state index in [0.717, 1.165) is 12.8 Å². The van der Waals surface area contributed by atoms with Crippen molar-refractivity contribution in [3.05, 3.63) is 11.9 Å². The van der Waals surface area contributed by atoms with E-state index >= 15 is 0 Å². The lowest BCUT2D eigenvalue weighted by molar-refractivity contribution is 0.0690. The van der Waals surface area contributed by atoms with E-state index in [9.17, 15) is 4.79 Å². The van der Waals surface area contributed by atoms with Gasteiger partial charge < -0.3 is 5.11 Å². The fourth-order valence-corrected chi connectivity index (χ4v) is 3.05. The number of carboxylic acids is 1. The van der Waals surface area contributed by atoms with Gasteiger partial charge in [-0.25, -0.2) is 9.48 Å². The van der Waals surface area contributed by atoms with Crippen LogP contribution in [0.2, 0.25) is 0 Å². The van der Waals surface area contributed by atoms with Crippen molar-refractivity contribution in [3.8, 4) is 0 Å². The van der Waals surface area contributed by atoms with Gasteiger partial charge in [0, 0.05) is 0 Å².